The van der Waals surface area contributed by atoms with Crippen molar-refractivity contribution in [1.82, 2.24) is 0 Å². The lowest BCUT2D eigenvalue weighted by atomic mass is 9.96. The second-order valence-corrected chi connectivity index (χ2v) is 5.80. The topological polar surface area (TPSA) is 74.6 Å². The number of carboxylic acid groups (broad SMARTS) is 1. The minimum absolute atomic E-state index is 0.0325. The fourth-order valence-corrected chi connectivity index (χ4v) is 2.79. The highest BCUT2D eigenvalue weighted by Crippen LogP contribution is 2.29. The molecule has 2 rings (SSSR count). The van der Waals surface area contributed by atoms with Gasteiger partial charge in [-0.15, -0.1) is 0 Å². The monoisotopic (exact) mass is 314 g/mol. The number of phenols is 1. The van der Waals surface area contributed by atoms with Gasteiger partial charge in [-0.05, 0) is 30.7 Å². The normalized spacial score (nSPS) is 12.2. The molecular weight excluding hydrogens is 292 g/mol. The predicted molar refractivity (Wildman–Crippen MR) is 89.8 cm³/mol. The molecule has 2 aromatic rings. The van der Waals surface area contributed by atoms with Crippen LogP contribution in [0.4, 0.5) is 0 Å². The van der Waals surface area contributed by atoms with Crippen molar-refractivity contribution < 1.29 is 19.8 Å². The molecule has 122 valence electrons. The molecule has 0 aliphatic carbocycles. The molecule has 0 heterocycles. The Morgan fingerprint density at radius 2 is 1.83 bits per heavy atom. The smallest absolute Gasteiger partial charge is 0.306 e. The number of ketones is 1. The zero-order valence-electron chi connectivity index (χ0n) is 13.3. The number of hydrogen-bond acceptors (Lipinski definition) is 3. The number of carbonyl (C=O) groups excluding carboxylic acids is 1. The van der Waals surface area contributed by atoms with Gasteiger partial charge < -0.3 is 10.2 Å². The lowest BCUT2D eigenvalue weighted by Crippen LogP contribution is -2.12. The molecule has 1 atom stereocenters. The number of aromatic hydroxyl groups is 1. The van der Waals surface area contributed by atoms with Crippen LogP contribution in [-0.2, 0) is 4.79 Å². The maximum Gasteiger partial charge on any atom is 0.306 e. The van der Waals surface area contributed by atoms with E-state index >= 15 is 0 Å². The first kappa shape index (κ1) is 17.0. The fourth-order valence-electron chi connectivity index (χ4n) is 2.79. The zero-order valence-corrected chi connectivity index (χ0v) is 13.3. The molecule has 0 radical (unpaired) electrons. The van der Waals surface area contributed by atoms with E-state index in [-0.39, 0.29) is 17.5 Å². The summed E-state index contributed by atoms with van der Waals surface area (Å²) in [6, 6.07) is 10.9. The molecular formula is C19H22O4. The third kappa shape index (κ3) is 4.09. The van der Waals surface area contributed by atoms with Crippen molar-refractivity contribution in [3.63, 3.8) is 0 Å². The molecule has 2 N–H and O–H groups in total. The van der Waals surface area contributed by atoms with Crippen LogP contribution in [0.3, 0.4) is 0 Å². The quantitative estimate of drug-likeness (QED) is 0.559. The number of rotatable bonds is 8. The number of benzene rings is 2. The first-order valence-electron chi connectivity index (χ1n) is 8.01. The number of fused-ring (bicyclic) bond motifs is 1. The van der Waals surface area contributed by atoms with Gasteiger partial charge in [0.1, 0.15) is 5.75 Å². The van der Waals surface area contributed by atoms with Crippen molar-refractivity contribution in [3.8, 4) is 5.75 Å². The first-order chi connectivity index (χ1) is 11.0. The van der Waals surface area contributed by atoms with Crippen LogP contribution < -0.4 is 0 Å². The summed E-state index contributed by atoms with van der Waals surface area (Å²) in [6.45, 7) is 1.86. The average Bonchev–Trinajstić information content (AvgIpc) is 2.55. The Kier molecular flexibility index (Phi) is 5.74. The Hall–Kier alpha value is -2.36. The fraction of sp³-hybridized carbons (Fsp3) is 0.368. The molecule has 0 saturated carbocycles. The van der Waals surface area contributed by atoms with Gasteiger partial charge in [0.05, 0.1) is 11.5 Å². The molecule has 0 spiro atoms. The number of Topliss-reactive ketones (excluding diaryl/α,β-unsaturated/α-hetero) is 1. The van der Waals surface area contributed by atoms with E-state index in [4.69, 9.17) is 5.11 Å². The van der Waals surface area contributed by atoms with E-state index in [1.165, 1.54) is 0 Å². The van der Waals surface area contributed by atoms with Crippen LogP contribution >= 0.6 is 0 Å². The second-order valence-electron chi connectivity index (χ2n) is 5.80. The van der Waals surface area contributed by atoms with Crippen molar-refractivity contribution in [2.24, 2.45) is 5.92 Å². The van der Waals surface area contributed by atoms with Gasteiger partial charge in [-0.2, -0.15) is 0 Å². The highest BCUT2D eigenvalue weighted by Gasteiger charge is 2.16. The van der Waals surface area contributed by atoms with Gasteiger partial charge in [0.2, 0.25) is 0 Å². The summed E-state index contributed by atoms with van der Waals surface area (Å²) in [7, 11) is 0. The summed E-state index contributed by atoms with van der Waals surface area (Å²) < 4.78 is 0. The van der Waals surface area contributed by atoms with Gasteiger partial charge in [0, 0.05) is 11.8 Å². The molecule has 0 fully saturated rings. The lowest BCUT2D eigenvalue weighted by molar-refractivity contribution is -0.142. The number of phenolic OH excluding ortho intramolecular Hbond substituents is 1. The average molecular weight is 314 g/mol. The minimum atomic E-state index is -0.772. The highest BCUT2D eigenvalue weighted by molar-refractivity contribution is 6.04. The van der Waals surface area contributed by atoms with Crippen LogP contribution in [0.2, 0.25) is 0 Å². The molecule has 4 heteroatoms. The third-order valence-corrected chi connectivity index (χ3v) is 4.25. The highest BCUT2D eigenvalue weighted by atomic mass is 16.4. The number of unbranched alkanes of at least 4 members (excludes halogenated alkanes) is 1. The summed E-state index contributed by atoms with van der Waals surface area (Å²) in [6.07, 6.45) is 2.85. The predicted octanol–water partition coefficient (Wildman–Crippen LogP) is 4.40. The minimum Gasteiger partial charge on any atom is -0.507 e. The maximum atomic E-state index is 12.3. The SMILES string of the molecule is CCC(CCCCC(=O)c1ccc2ccccc2c1O)C(=O)O. The Morgan fingerprint density at radius 3 is 2.52 bits per heavy atom. The molecule has 0 aromatic heterocycles. The van der Waals surface area contributed by atoms with Crippen molar-refractivity contribution in [2.45, 2.75) is 39.0 Å². The zero-order chi connectivity index (χ0) is 16.8. The van der Waals surface area contributed by atoms with Crippen LogP contribution in [0.25, 0.3) is 10.8 Å². The Balaban J connectivity index is 1.96. The van der Waals surface area contributed by atoms with E-state index in [1.54, 1.807) is 12.1 Å². The molecule has 0 amide bonds. The van der Waals surface area contributed by atoms with Gasteiger partial charge in [-0.25, -0.2) is 0 Å². The molecule has 1 unspecified atom stereocenters. The van der Waals surface area contributed by atoms with E-state index in [9.17, 15) is 14.7 Å². The van der Waals surface area contributed by atoms with Gasteiger partial charge in [0.25, 0.3) is 0 Å². The van der Waals surface area contributed by atoms with Crippen molar-refractivity contribution in [3.05, 3.63) is 42.0 Å². The summed E-state index contributed by atoms with van der Waals surface area (Å²) >= 11 is 0. The number of aliphatic carboxylic acids is 1. The third-order valence-electron chi connectivity index (χ3n) is 4.25. The number of carboxylic acids is 1. The van der Waals surface area contributed by atoms with Crippen LogP contribution in [0.15, 0.2) is 36.4 Å². The Bertz CT molecular complexity index is 706. The first-order valence-corrected chi connectivity index (χ1v) is 8.01. The van der Waals surface area contributed by atoms with Gasteiger partial charge in [0.15, 0.2) is 5.78 Å². The Morgan fingerprint density at radius 1 is 1.09 bits per heavy atom. The number of carbonyl (C=O) groups is 2. The molecule has 2 aromatic carbocycles. The van der Waals surface area contributed by atoms with Crippen LogP contribution in [0.1, 0.15) is 49.4 Å². The summed E-state index contributed by atoms with van der Waals surface area (Å²) in [5.74, 6) is -1.17. The molecule has 0 aliphatic rings. The Labute approximate surface area is 135 Å². The van der Waals surface area contributed by atoms with Gasteiger partial charge in [-0.1, -0.05) is 43.7 Å². The number of hydrogen-bond donors (Lipinski definition) is 2. The van der Waals surface area contributed by atoms with Crippen LogP contribution in [0, 0.1) is 5.92 Å². The second kappa shape index (κ2) is 7.77. The van der Waals surface area contributed by atoms with Gasteiger partial charge >= 0.3 is 5.97 Å². The van der Waals surface area contributed by atoms with Crippen molar-refractivity contribution in [2.75, 3.05) is 0 Å². The molecule has 0 aliphatic heterocycles. The standard InChI is InChI=1S/C19H22O4/c1-2-13(19(22)23)7-4-6-10-17(20)16-12-11-14-8-3-5-9-15(14)18(16)21/h3,5,8-9,11-13,21H,2,4,6-7,10H2,1H3,(H,22,23). The molecule has 0 bridgehead atoms. The summed E-state index contributed by atoms with van der Waals surface area (Å²) in [4.78, 5) is 23.2. The van der Waals surface area contributed by atoms with Crippen LogP contribution in [0.5, 0.6) is 5.75 Å². The van der Waals surface area contributed by atoms with E-state index in [0.717, 1.165) is 5.39 Å². The van der Waals surface area contributed by atoms with E-state index in [2.05, 4.69) is 0 Å². The van der Waals surface area contributed by atoms with Crippen LogP contribution in [-0.4, -0.2) is 22.0 Å². The largest absolute Gasteiger partial charge is 0.507 e. The summed E-state index contributed by atoms with van der Waals surface area (Å²) in [5, 5.41) is 20.8. The lowest BCUT2D eigenvalue weighted by Gasteiger charge is -2.09. The van der Waals surface area contributed by atoms with E-state index in [1.807, 2.05) is 31.2 Å². The maximum absolute atomic E-state index is 12.3. The van der Waals surface area contributed by atoms with E-state index < -0.39 is 5.97 Å². The molecule has 4 nitrogen and oxygen atoms in total. The van der Waals surface area contributed by atoms with Gasteiger partial charge in [-0.3, -0.25) is 9.59 Å². The molecule has 23 heavy (non-hydrogen) atoms. The van der Waals surface area contributed by atoms with Crippen molar-refractivity contribution >= 4 is 22.5 Å². The molecule has 0 saturated heterocycles. The van der Waals surface area contributed by atoms with Crippen molar-refractivity contribution in [1.29, 1.82) is 0 Å². The summed E-state index contributed by atoms with van der Waals surface area (Å²) in [5.41, 5.74) is 0.342. The van der Waals surface area contributed by atoms with E-state index in [0.29, 0.717) is 43.1 Å².